The van der Waals surface area contributed by atoms with E-state index in [9.17, 15) is 9.59 Å². The highest BCUT2D eigenvalue weighted by molar-refractivity contribution is 5.84. The van der Waals surface area contributed by atoms with Gasteiger partial charge in [0.25, 0.3) is 0 Å². The molecule has 0 spiro atoms. The summed E-state index contributed by atoms with van der Waals surface area (Å²) in [6.45, 7) is 1.40. The number of rotatable bonds is 6. The topological polar surface area (TPSA) is 99.4 Å². The van der Waals surface area contributed by atoms with Gasteiger partial charge in [0, 0.05) is 19.4 Å². The molecule has 0 aromatic heterocycles. The zero-order valence-corrected chi connectivity index (χ0v) is 8.69. The number of carbonyl (C=O) groups excluding carboxylic acids is 1. The third kappa shape index (κ3) is 4.98. The predicted molar refractivity (Wildman–Crippen MR) is 50.8 cm³/mol. The summed E-state index contributed by atoms with van der Waals surface area (Å²) in [6, 6.07) is 0.813. The van der Waals surface area contributed by atoms with Gasteiger partial charge in [-0.05, 0) is 0 Å². The lowest BCUT2D eigenvalue weighted by atomic mass is 9.99. The molecule has 0 aromatic rings. The van der Waals surface area contributed by atoms with E-state index in [1.807, 2.05) is 6.07 Å². The van der Waals surface area contributed by atoms with Crippen molar-refractivity contribution in [2.75, 3.05) is 13.7 Å². The first kappa shape index (κ1) is 13.4. The van der Waals surface area contributed by atoms with Crippen molar-refractivity contribution in [1.29, 1.82) is 5.26 Å². The van der Waals surface area contributed by atoms with E-state index in [1.54, 1.807) is 6.92 Å². The minimum atomic E-state index is -1.15. The van der Waals surface area contributed by atoms with Crippen molar-refractivity contribution in [2.45, 2.75) is 19.4 Å². The van der Waals surface area contributed by atoms with Crippen LogP contribution < -0.4 is 5.32 Å². The molecule has 0 aromatic carbocycles. The highest BCUT2D eigenvalue weighted by Gasteiger charge is 2.25. The molecule has 6 heteroatoms. The smallest absolute Gasteiger partial charge is 0.326 e. The molecule has 15 heavy (non-hydrogen) atoms. The van der Waals surface area contributed by atoms with Crippen molar-refractivity contribution in [3.8, 4) is 6.07 Å². The van der Waals surface area contributed by atoms with Crippen LogP contribution in [-0.4, -0.2) is 36.7 Å². The molecular formula is C9H14N2O4. The maximum atomic E-state index is 11.1. The quantitative estimate of drug-likeness (QED) is 0.635. The minimum absolute atomic E-state index is 0.0736. The first-order valence-corrected chi connectivity index (χ1v) is 4.41. The van der Waals surface area contributed by atoms with Crippen LogP contribution in [0.2, 0.25) is 0 Å². The normalized spacial score (nSPS) is 13.7. The van der Waals surface area contributed by atoms with Crippen LogP contribution in [0.5, 0.6) is 0 Å². The van der Waals surface area contributed by atoms with E-state index in [2.05, 4.69) is 10.1 Å². The van der Waals surface area contributed by atoms with Crippen molar-refractivity contribution in [1.82, 2.24) is 5.32 Å². The lowest BCUT2D eigenvalue weighted by molar-refractivity contribution is -0.143. The third-order valence-electron chi connectivity index (χ3n) is 1.84. The summed E-state index contributed by atoms with van der Waals surface area (Å²) in [5, 5.41) is 19.5. The second-order valence-corrected chi connectivity index (χ2v) is 3.16. The Kier molecular flexibility index (Phi) is 6.06. The van der Waals surface area contributed by atoms with Gasteiger partial charge < -0.3 is 15.2 Å². The third-order valence-corrected chi connectivity index (χ3v) is 1.84. The molecule has 2 N–H and O–H groups in total. The summed E-state index contributed by atoms with van der Waals surface area (Å²) in [4.78, 5) is 21.9. The number of nitrogens with zero attached hydrogens (tertiary/aromatic N) is 1. The molecule has 0 fully saturated rings. The number of nitrogens with one attached hydrogen (secondary N) is 1. The number of carbonyl (C=O) groups is 2. The van der Waals surface area contributed by atoms with Gasteiger partial charge >= 0.3 is 5.97 Å². The molecule has 0 aliphatic rings. The number of methoxy groups -OCH3 is 1. The Balaban J connectivity index is 4.35. The van der Waals surface area contributed by atoms with E-state index in [0.29, 0.717) is 0 Å². The van der Waals surface area contributed by atoms with Crippen LogP contribution in [0.3, 0.4) is 0 Å². The number of aliphatic carboxylic acids is 1. The molecule has 0 rings (SSSR count). The number of ether oxygens (including phenoxy) is 1. The standard InChI is InChI=1S/C9H14N2O4/c1-6(3-4-10)8(9(13)14)11-7(12)5-15-2/h6,8H,3,5H2,1-2H3,(H,11,12)(H,13,14)/t6-,8+/m0/s1. The second kappa shape index (κ2) is 6.79. The zero-order chi connectivity index (χ0) is 11.8. The molecule has 0 saturated carbocycles. The van der Waals surface area contributed by atoms with Gasteiger partial charge in [0.05, 0.1) is 6.07 Å². The maximum absolute atomic E-state index is 11.1. The number of nitriles is 1. The Morgan fingerprint density at radius 2 is 2.20 bits per heavy atom. The van der Waals surface area contributed by atoms with Gasteiger partial charge in [0.2, 0.25) is 5.91 Å². The van der Waals surface area contributed by atoms with E-state index >= 15 is 0 Å². The lowest BCUT2D eigenvalue weighted by Crippen LogP contribution is -2.46. The highest BCUT2D eigenvalue weighted by Crippen LogP contribution is 2.07. The Morgan fingerprint density at radius 1 is 1.60 bits per heavy atom. The maximum Gasteiger partial charge on any atom is 0.326 e. The molecule has 0 unspecified atom stereocenters. The van der Waals surface area contributed by atoms with Crippen molar-refractivity contribution < 1.29 is 19.4 Å². The van der Waals surface area contributed by atoms with Crippen molar-refractivity contribution in [3.05, 3.63) is 0 Å². The first-order valence-electron chi connectivity index (χ1n) is 4.41. The average molecular weight is 214 g/mol. The summed E-state index contributed by atoms with van der Waals surface area (Å²) in [6.07, 6.45) is 0.0736. The SMILES string of the molecule is COCC(=O)N[C@@H](C(=O)O)[C@@H](C)CC#N. The van der Waals surface area contributed by atoms with Crippen LogP contribution in [0.25, 0.3) is 0 Å². The Labute approximate surface area is 87.8 Å². The number of carboxylic acid groups (broad SMARTS) is 1. The van der Waals surface area contributed by atoms with Crippen LogP contribution in [0, 0.1) is 17.2 Å². The molecule has 0 saturated heterocycles. The van der Waals surface area contributed by atoms with Crippen molar-refractivity contribution in [3.63, 3.8) is 0 Å². The summed E-state index contributed by atoms with van der Waals surface area (Å²) in [5.74, 6) is -2.09. The van der Waals surface area contributed by atoms with Crippen LogP contribution in [0.4, 0.5) is 0 Å². The molecule has 0 radical (unpaired) electrons. The fourth-order valence-corrected chi connectivity index (χ4v) is 1.06. The van der Waals surface area contributed by atoms with E-state index in [-0.39, 0.29) is 13.0 Å². The summed E-state index contributed by atoms with van der Waals surface area (Å²) >= 11 is 0. The fraction of sp³-hybridized carbons (Fsp3) is 0.667. The predicted octanol–water partition coefficient (Wildman–Crippen LogP) is -0.248. The number of amides is 1. The first-order chi connectivity index (χ1) is 7.02. The number of hydrogen-bond donors (Lipinski definition) is 2. The van der Waals surface area contributed by atoms with Gasteiger partial charge in [-0.2, -0.15) is 5.26 Å². The molecule has 0 aliphatic carbocycles. The molecule has 0 bridgehead atoms. The lowest BCUT2D eigenvalue weighted by Gasteiger charge is -2.18. The van der Waals surface area contributed by atoms with Crippen LogP contribution in [-0.2, 0) is 14.3 Å². The minimum Gasteiger partial charge on any atom is -0.480 e. The summed E-state index contributed by atoms with van der Waals surface area (Å²) < 4.78 is 4.55. The molecule has 0 heterocycles. The largest absolute Gasteiger partial charge is 0.480 e. The molecule has 2 atom stereocenters. The average Bonchev–Trinajstić information content (AvgIpc) is 2.14. The fourth-order valence-electron chi connectivity index (χ4n) is 1.06. The summed E-state index contributed by atoms with van der Waals surface area (Å²) in [7, 11) is 1.34. The van der Waals surface area contributed by atoms with E-state index in [0.717, 1.165) is 0 Å². The molecular weight excluding hydrogens is 200 g/mol. The second-order valence-electron chi connectivity index (χ2n) is 3.16. The molecule has 0 aliphatic heterocycles. The van der Waals surface area contributed by atoms with Gasteiger partial charge in [-0.1, -0.05) is 6.92 Å². The molecule has 6 nitrogen and oxygen atoms in total. The Bertz CT molecular complexity index is 272. The van der Waals surface area contributed by atoms with E-state index in [1.165, 1.54) is 7.11 Å². The van der Waals surface area contributed by atoms with E-state index < -0.39 is 23.8 Å². The van der Waals surface area contributed by atoms with Gasteiger partial charge in [0.15, 0.2) is 0 Å². The zero-order valence-electron chi connectivity index (χ0n) is 8.69. The summed E-state index contributed by atoms with van der Waals surface area (Å²) in [5.41, 5.74) is 0. The monoisotopic (exact) mass is 214 g/mol. The number of hydrogen-bond acceptors (Lipinski definition) is 4. The van der Waals surface area contributed by atoms with E-state index in [4.69, 9.17) is 10.4 Å². The van der Waals surface area contributed by atoms with Crippen molar-refractivity contribution in [2.24, 2.45) is 5.92 Å². The van der Waals surface area contributed by atoms with Crippen LogP contribution in [0.15, 0.2) is 0 Å². The van der Waals surface area contributed by atoms with Gasteiger partial charge in [0.1, 0.15) is 12.6 Å². The Hall–Kier alpha value is -1.61. The van der Waals surface area contributed by atoms with Gasteiger partial charge in [-0.25, -0.2) is 4.79 Å². The molecule has 1 amide bonds. The van der Waals surface area contributed by atoms with Gasteiger partial charge in [-0.3, -0.25) is 4.79 Å². The Morgan fingerprint density at radius 3 is 2.60 bits per heavy atom. The van der Waals surface area contributed by atoms with Crippen molar-refractivity contribution >= 4 is 11.9 Å². The van der Waals surface area contributed by atoms with Crippen LogP contribution in [0.1, 0.15) is 13.3 Å². The number of carboxylic acids is 1. The van der Waals surface area contributed by atoms with Gasteiger partial charge in [-0.15, -0.1) is 0 Å². The molecule has 84 valence electrons. The van der Waals surface area contributed by atoms with Crippen LogP contribution >= 0.6 is 0 Å². The highest BCUT2D eigenvalue weighted by atomic mass is 16.5.